The molecule has 0 aromatic heterocycles. The SMILES string of the molecule is O=C1CCCC[C@@H]1C[N+](=O)[O-]. The molecule has 0 amide bonds. The van der Waals surface area contributed by atoms with Crippen LogP contribution >= 0.6 is 0 Å². The minimum Gasteiger partial charge on any atom is -0.299 e. The number of rotatable bonds is 2. The van der Waals surface area contributed by atoms with E-state index in [1.807, 2.05) is 0 Å². The molecule has 0 aromatic rings. The first-order valence-electron chi connectivity index (χ1n) is 3.84. The number of nitrogens with zero attached hydrogens (tertiary/aromatic N) is 1. The summed E-state index contributed by atoms with van der Waals surface area (Å²) in [6.45, 7) is -0.168. The van der Waals surface area contributed by atoms with E-state index in [2.05, 4.69) is 0 Å². The molecule has 0 aromatic carbocycles. The lowest BCUT2D eigenvalue weighted by atomic mass is 9.88. The zero-order valence-electron chi connectivity index (χ0n) is 6.28. The highest BCUT2D eigenvalue weighted by molar-refractivity contribution is 5.81. The number of carbonyl (C=O) groups is 1. The molecule has 4 nitrogen and oxygen atoms in total. The number of ketones is 1. The molecule has 0 aliphatic heterocycles. The van der Waals surface area contributed by atoms with Crippen LogP contribution in [-0.4, -0.2) is 17.3 Å². The highest BCUT2D eigenvalue weighted by Crippen LogP contribution is 2.20. The van der Waals surface area contributed by atoms with Gasteiger partial charge in [0, 0.05) is 11.3 Å². The highest BCUT2D eigenvalue weighted by atomic mass is 16.6. The van der Waals surface area contributed by atoms with Crippen LogP contribution in [0.4, 0.5) is 0 Å². The summed E-state index contributed by atoms with van der Waals surface area (Å²) < 4.78 is 0. The van der Waals surface area contributed by atoms with Crippen molar-refractivity contribution in [3.05, 3.63) is 10.1 Å². The van der Waals surface area contributed by atoms with E-state index < -0.39 is 4.92 Å². The first-order valence-corrected chi connectivity index (χ1v) is 3.84. The van der Waals surface area contributed by atoms with E-state index in [0.717, 1.165) is 12.8 Å². The van der Waals surface area contributed by atoms with Crippen LogP contribution in [0.1, 0.15) is 25.7 Å². The average molecular weight is 157 g/mol. The Morgan fingerprint density at radius 3 is 2.82 bits per heavy atom. The smallest absolute Gasteiger partial charge is 0.213 e. The van der Waals surface area contributed by atoms with Crippen molar-refractivity contribution in [3.63, 3.8) is 0 Å². The first-order chi connectivity index (χ1) is 5.20. The summed E-state index contributed by atoms with van der Waals surface area (Å²) in [5.41, 5.74) is 0. The Bertz CT molecular complexity index is 179. The predicted molar refractivity (Wildman–Crippen MR) is 38.8 cm³/mol. The van der Waals surface area contributed by atoms with Gasteiger partial charge in [0.2, 0.25) is 6.54 Å². The lowest BCUT2D eigenvalue weighted by Gasteiger charge is -2.15. The Morgan fingerprint density at radius 1 is 1.55 bits per heavy atom. The van der Waals surface area contributed by atoms with E-state index in [0.29, 0.717) is 12.8 Å². The van der Waals surface area contributed by atoms with Crippen LogP contribution in [0.25, 0.3) is 0 Å². The van der Waals surface area contributed by atoms with Crippen molar-refractivity contribution in [2.75, 3.05) is 6.54 Å². The van der Waals surface area contributed by atoms with Gasteiger partial charge in [-0.15, -0.1) is 0 Å². The predicted octanol–water partition coefficient (Wildman–Crippen LogP) is 1.02. The van der Waals surface area contributed by atoms with Crippen LogP contribution < -0.4 is 0 Å². The second-order valence-corrected chi connectivity index (χ2v) is 2.92. The summed E-state index contributed by atoms with van der Waals surface area (Å²) in [5.74, 6) is -0.216. The van der Waals surface area contributed by atoms with E-state index in [1.54, 1.807) is 0 Å². The van der Waals surface area contributed by atoms with Crippen molar-refractivity contribution in [1.82, 2.24) is 0 Å². The van der Waals surface area contributed by atoms with Crippen molar-refractivity contribution in [2.24, 2.45) is 5.92 Å². The van der Waals surface area contributed by atoms with Crippen LogP contribution in [0.15, 0.2) is 0 Å². The lowest BCUT2D eigenvalue weighted by molar-refractivity contribution is -0.485. The van der Waals surface area contributed by atoms with E-state index in [9.17, 15) is 14.9 Å². The van der Waals surface area contributed by atoms with E-state index in [4.69, 9.17) is 0 Å². The standard InChI is InChI=1S/C7H11NO3/c9-7-4-2-1-3-6(7)5-8(10)11/h6H,1-5H2/t6-/m1/s1. The van der Waals surface area contributed by atoms with Gasteiger partial charge in [-0.1, -0.05) is 6.42 Å². The molecule has 11 heavy (non-hydrogen) atoms. The zero-order chi connectivity index (χ0) is 8.27. The maximum atomic E-state index is 11.0. The van der Waals surface area contributed by atoms with Crippen molar-refractivity contribution in [1.29, 1.82) is 0 Å². The summed E-state index contributed by atoms with van der Waals surface area (Å²) in [6.07, 6.45) is 3.12. The molecule has 0 N–H and O–H groups in total. The van der Waals surface area contributed by atoms with E-state index in [-0.39, 0.29) is 18.2 Å². The van der Waals surface area contributed by atoms with Gasteiger partial charge in [0.15, 0.2) is 0 Å². The van der Waals surface area contributed by atoms with Crippen molar-refractivity contribution >= 4 is 5.78 Å². The third-order valence-electron chi connectivity index (χ3n) is 2.05. The minimum absolute atomic E-state index is 0.0768. The maximum Gasteiger partial charge on any atom is 0.213 e. The van der Waals surface area contributed by atoms with E-state index >= 15 is 0 Å². The van der Waals surface area contributed by atoms with Crippen LogP contribution in [-0.2, 0) is 4.79 Å². The molecule has 1 aliphatic carbocycles. The summed E-state index contributed by atoms with van der Waals surface area (Å²) >= 11 is 0. The van der Waals surface area contributed by atoms with Gasteiger partial charge in [0.25, 0.3) is 0 Å². The zero-order valence-corrected chi connectivity index (χ0v) is 6.28. The Morgan fingerprint density at radius 2 is 2.27 bits per heavy atom. The number of carbonyl (C=O) groups excluding carboxylic acids is 1. The largest absolute Gasteiger partial charge is 0.299 e. The summed E-state index contributed by atoms with van der Waals surface area (Å²) in [5, 5.41) is 10.1. The Kier molecular flexibility index (Phi) is 2.57. The Balaban J connectivity index is 2.42. The van der Waals surface area contributed by atoms with Gasteiger partial charge in [-0.3, -0.25) is 14.9 Å². The van der Waals surface area contributed by atoms with Gasteiger partial charge in [0.1, 0.15) is 5.78 Å². The molecule has 4 heteroatoms. The topological polar surface area (TPSA) is 60.2 Å². The minimum atomic E-state index is -0.395. The fraction of sp³-hybridized carbons (Fsp3) is 0.857. The van der Waals surface area contributed by atoms with Crippen LogP contribution in [0.2, 0.25) is 0 Å². The molecule has 1 rings (SSSR count). The average Bonchev–Trinajstić information content (AvgIpc) is 1.93. The van der Waals surface area contributed by atoms with Gasteiger partial charge in [-0.05, 0) is 12.8 Å². The van der Waals surface area contributed by atoms with Gasteiger partial charge < -0.3 is 0 Å². The lowest BCUT2D eigenvalue weighted by Crippen LogP contribution is -2.26. The molecule has 0 saturated heterocycles. The van der Waals surface area contributed by atoms with Crippen molar-refractivity contribution in [3.8, 4) is 0 Å². The third-order valence-corrected chi connectivity index (χ3v) is 2.05. The number of hydrogen-bond acceptors (Lipinski definition) is 3. The fourth-order valence-corrected chi connectivity index (χ4v) is 1.43. The molecule has 0 radical (unpaired) electrons. The van der Waals surface area contributed by atoms with Gasteiger partial charge in [-0.25, -0.2) is 0 Å². The van der Waals surface area contributed by atoms with Crippen molar-refractivity contribution < 1.29 is 9.72 Å². The highest BCUT2D eigenvalue weighted by Gasteiger charge is 2.26. The molecule has 0 unspecified atom stereocenters. The molecule has 1 fully saturated rings. The molecule has 0 bridgehead atoms. The second-order valence-electron chi connectivity index (χ2n) is 2.92. The number of nitro groups is 1. The summed E-state index contributed by atoms with van der Waals surface area (Å²) in [6, 6.07) is 0. The number of Topliss-reactive ketones (excluding diaryl/α,β-unsaturated/α-hetero) is 1. The second kappa shape index (κ2) is 3.46. The van der Waals surface area contributed by atoms with Gasteiger partial charge >= 0.3 is 0 Å². The molecule has 0 heterocycles. The molecule has 62 valence electrons. The van der Waals surface area contributed by atoms with Crippen LogP contribution in [0.3, 0.4) is 0 Å². The van der Waals surface area contributed by atoms with Crippen molar-refractivity contribution in [2.45, 2.75) is 25.7 Å². The molecule has 1 atom stereocenters. The Hall–Kier alpha value is -0.930. The molecular weight excluding hydrogens is 146 g/mol. The molecule has 0 spiro atoms. The quantitative estimate of drug-likeness (QED) is 0.444. The third kappa shape index (κ3) is 2.29. The summed E-state index contributed by atoms with van der Waals surface area (Å²) in [4.78, 5) is 20.7. The van der Waals surface area contributed by atoms with Crippen LogP contribution in [0, 0.1) is 16.0 Å². The summed E-state index contributed by atoms with van der Waals surface area (Å²) in [7, 11) is 0. The van der Waals surface area contributed by atoms with Gasteiger partial charge in [-0.2, -0.15) is 0 Å². The molecule has 1 aliphatic rings. The fourth-order valence-electron chi connectivity index (χ4n) is 1.43. The molecular formula is C7H11NO3. The Labute approximate surface area is 64.7 Å². The molecule has 1 saturated carbocycles. The first kappa shape index (κ1) is 8.17. The van der Waals surface area contributed by atoms with Crippen LogP contribution in [0.5, 0.6) is 0 Å². The van der Waals surface area contributed by atoms with E-state index in [1.165, 1.54) is 0 Å². The maximum absolute atomic E-state index is 11.0. The normalized spacial score (nSPS) is 25.1. The number of hydrogen-bond donors (Lipinski definition) is 0. The monoisotopic (exact) mass is 157 g/mol. The van der Waals surface area contributed by atoms with Gasteiger partial charge in [0.05, 0.1) is 5.92 Å².